The van der Waals surface area contributed by atoms with Crippen molar-refractivity contribution in [1.29, 1.82) is 5.26 Å². The maximum absolute atomic E-state index is 13.3. The van der Waals surface area contributed by atoms with Gasteiger partial charge in [0, 0.05) is 11.4 Å². The van der Waals surface area contributed by atoms with Crippen LogP contribution in [-0.2, 0) is 6.42 Å². The summed E-state index contributed by atoms with van der Waals surface area (Å²) < 4.78 is 13.3. The molecule has 2 rings (SSSR count). The fraction of sp³-hybridized carbons (Fsp3) is 0.235. The minimum atomic E-state index is -0.411. The van der Waals surface area contributed by atoms with E-state index in [1.54, 1.807) is 6.07 Å². The summed E-state index contributed by atoms with van der Waals surface area (Å²) in [7, 11) is 0. The third-order valence-electron chi connectivity index (χ3n) is 3.09. The molecule has 0 aliphatic heterocycles. The van der Waals surface area contributed by atoms with Crippen molar-refractivity contribution < 1.29 is 4.39 Å². The predicted molar refractivity (Wildman–Crippen MR) is 79.5 cm³/mol. The summed E-state index contributed by atoms with van der Waals surface area (Å²) in [5.41, 5.74) is 3.09. The third kappa shape index (κ3) is 3.83. The topological polar surface area (TPSA) is 35.8 Å². The molecule has 20 heavy (non-hydrogen) atoms. The summed E-state index contributed by atoms with van der Waals surface area (Å²) in [6.45, 7) is 2.17. The van der Waals surface area contributed by atoms with Crippen LogP contribution in [0.1, 0.15) is 30.9 Å². The van der Waals surface area contributed by atoms with Crippen LogP contribution in [0.5, 0.6) is 0 Å². The van der Waals surface area contributed by atoms with Gasteiger partial charge in [-0.1, -0.05) is 25.5 Å². The molecule has 0 heterocycles. The number of hydrogen-bond acceptors (Lipinski definition) is 2. The number of aryl methyl sites for hydroxylation is 1. The number of rotatable bonds is 5. The Morgan fingerprint density at radius 2 is 1.85 bits per heavy atom. The number of nitriles is 1. The first-order valence-corrected chi connectivity index (χ1v) is 6.78. The predicted octanol–water partition coefficient (Wildman–Crippen LogP) is 4.78. The van der Waals surface area contributed by atoms with Crippen LogP contribution >= 0.6 is 0 Å². The number of anilines is 2. The Bertz CT molecular complexity index is 612. The lowest BCUT2D eigenvalue weighted by molar-refractivity contribution is 0.628. The van der Waals surface area contributed by atoms with Crippen molar-refractivity contribution in [3.63, 3.8) is 0 Å². The molecule has 0 aromatic heterocycles. The summed E-state index contributed by atoms with van der Waals surface area (Å²) in [6.07, 6.45) is 3.44. The first-order chi connectivity index (χ1) is 9.71. The number of nitrogens with one attached hydrogen (secondary N) is 1. The first-order valence-electron chi connectivity index (χ1n) is 6.78. The molecular formula is C17H17FN2. The molecule has 1 N–H and O–H groups in total. The molecule has 2 aromatic rings. The van der Waals surface area contributed by atoms with Crippen molar-refractivity contribution in [3.05, 3.63) is 59.4 Å². The molecule has 0 amide bonds. The van der Waals surface area contributed by atoms with Crippen LogP contribution in [0, 0.1) is 17.1 Å². The molecule has 0 unspecified atom stereocenters. The van der Waals surface area contributed by atoms with Crippen molar-refractivity contribution in [1.82, 2.24) is 0 Å². The molecule has 0 fully saturated rings. The van der Waals surface area contributed by atoms with Gasteiger partial charge in [0.2, 0.25) is 0 Å². The lowest BCUT2D eigenvalue weighted by Gasteiger charge is -2.08. The minimum absolute atomic E-state index is 0.312. The smallest absolute Gasteiger partial charge is 0.126 e. The number of halogens is 1. The Labute approximate surface area is 118 Å². The lowest BCUT2D eigenvalue weighted by Crippen LogP contribution is -1.93. The highest BCUT2D eigenvalue weighted by molar-refractivity contribution is 5.61. The first kappa shape index (κ1) is 14.1. The van der Waals surface area contributed by atoms with Gasteiger partial charge in [0.1, 0.15) is 5.82 Å². The molecule has 0 atom stereocenters. The molecule has 0 radical (unpaired) electrons. The maximum Gasteiger partial charge on any atom is 0.126 e. The normalized spacial score (nSPS) is 10.1. The summed E-state index contributed by atoms with van der Waals surface area (Å²) >= 11 is 0. The average molecular weight is 268 g/mol. The van der Waals surface area contributed by atoms with Crippen LogP contribution < -0.4 is 5.32 Å². The summed E-state index contributed by atoms with van der Waals surface area (Å²) in [5, 5.41) is 11.9. The van der Waals surface area contributed by atoms with E-state index < -0.39 is 5.82 Å². The zero-order chi connectivity index (χ0) is 14.4. The highest BCUT2D eigenvalue weighted by Crippen LogP contribution is 2.20. The van der Waals surface area contributed by atoms with Crippen LogP contribution in [-0.4, -0.2) is 0 Å². The van der Waals surface area contributed by atoms with E-state index >= 15 is 0 Å². The van der Waals surface area contributed by atoms with Gasteiger partial charge in [-0.05, 0) is 48.7 Å². The van der Waals surface area contributed by atoms with Gasteiger partial charge >= 0.3 is 0 Å². The van der Waals surface area contributed by atoms with E-state index in [0.717, 1.165) is 12.1 Å². The van der Waals surface area contributed by atoms with E-state index in [-0.39, 0.29) is 0 Å². The maximum atomic E-state index is 13.3. The SMILES string of the molecule is CCCCc1ccc(Nc2cc(F)cc(C#N)c2)cc1. The van der Waals surface area contributed by atoms with Gasteiger partial charge in [0.15, 0.2) is 0 Å². The van der Waals surface area contributed by atoms with Gasteiger partial charge in [-0.2, -0.15) is 5.26 Å². The van der Waals surface area contributed by atoms with Gasteiger partial charge in [0.25, 0.3) is 0 Å². The molecule has 0 spiro atoms. The second-order valence-electron chi connectivity index (χ2n) is 4.77. The number of nitrogens with zero attached hydrogens (tertiary/aromatic N) is 1. The van der Waals surface area contributed by atoms with Crippen LogP contribution in [0.2, 0.25) is 0 Å². The Hall–Kier alpha value is -2.34. The Balaban J connectivity index is 2.10. The molecule has 3 heteroatoms. The standard InChI is InChI=1S/C17H17FN2/c1-2-3-4-13-5-7-16(8-6-13)20-17-10-14(12-19)9-15(18)11-17/h5-11,20H,2-4H2,1H3. The third-order valence-corrected chi connectivity index (χ3v) is 3.09. The van der Waals surface area contributed by atoms with Crippen LogP contribution in [0.25, 0.3) is 0 Å². The van der Waals surface area contributed by atoms with Crippen molar-refractivity contribution >= 4 is 11.4 Å². The monoisotopic (exact) mass is 268 g/mol. The van der Waals surface area contributed by atoms with Crippen LogP contribution in [0.3, 0.4) is 0 Å². The summed E-state index contributed by atoms with van der Waals surface area (Å²) in [6, 6.07) is 14.3. The summed E-state index contributed by atoms with van der Waals surface area (Å²) in [4.78, 5) is 0. The highest BCUT2D eigenvalue weighted by Gasteiger charge is 2.01. The van der Waals surface area contributed by atoms with E-state index in [4.69, 9.17) is 5.26 Å². The van der Waals surface area contributed by atoms with Gasteiger partial charge < -0.3 is 5.32 Å². The van der Waals surface area contributed by atoms with Crippen molar-refractivity contribution in [3.8, 4) is 6.07 Å². The van der Waals surface area contributed by atoms with Crippen LogP contribution in [0.4, 0.5) is 15.8 Å². The molecule has 0 saturated heterocycles. The number of benzene rings is 2. The zero-order valence-corrected chi connectivity index (χ0v) is 11.5. The van der Waals surface area contributed by atoms with Gasteiger partial charge in [-0.15, -0.1) is 0 Å². The Kier molecular flexibility index (Phi) is 4.73. The molecule has 2 nitrogen and oxygen atoms in total. The van der Waals surface area contributed by atoms with Crippen molar-refractivity contribution in [2.75, 3.05) is 5.32 Å². The summed E-state index contributed by atoms with van der Waals surface area (Å²) in [5.74, 6) is -0.411. The van der Waals surface area contributed by atoms with Gasteiger partial charge in [-0.25, -0.2) is 4.39 Å². The lowest BCUT2D eigenvalue weighted by atomic mass is 10.1. The van der Waals surface area contributed by atoms with E-state index in [1.165, 1.54) is 30.5 Å². The van der Waals surface area contributed by atoms with E-state index in [9.17, 15) is 4.39 Å². The van der Waals surface area contributed by atoms with E-state index in [2.05, 4.69) is 24.4 Å². The largest absolute Gasteiger partial charge is 0.355 e. The van der Waals surface area contributed by atoms with Crippen molar-refractivity contribution in [2.24, 2.45) is 0 Å². The number of hydrogen-bond donors (Lipinski definition) is 1. The molecular weight excluding hydrogens is 251 g/mol. The van der Waals surface area contributed by atoms with Crippen molar-refractivity contribution in [2.45, 2.75) is 26.2 Å². The molecule has 2 aromatic carbocycles. The molecule has 0 bridgehead atoms. The zero-order valence-electron chi connectivity index (χ0n) is 11.5. The second-order valence-corrected chi connectivity index (χ2v) is 4.77. The van der Waals surface area contributed by atoms with E-state index in [0.29, 0.717) is 11.3 Å². The Morgan fingerprint density at radius 3 is 2.50 bits per heavy atom. The quantitative estimate of drug-likeness (QED) is 0.846. The van der Waals surface area contributed by atoms with E-state index in [1.807, 2.05) is 18.2 Å². The molecule has 0 aliphatic carbocycles. The minimum Gasteiger partial charge on any atom is -0.355 e. The second kappa shape index (κ2) is 6.72. The molecule has 0 saturated carbocycles. The fourth-order valence-corrected chi connectivity index (χ4v) is 2.03. The fourth-order valence-electron chi connectivity index (χ4n) is 2.03. The molecule has 0 aliphatic rings. The van der Waals surface area contributed by atoms with Crippen LogP contribution in [0.15, 0.2) is 42.5 Å². The van der Waals surface area contributed by atoms with Gasteiger partial charge in [-0.3, -0.25) is 0 Å². The Morgan fingerprint density at radius 1 is 1.10 bits per heavy atom. The number of unbranched alkanes of at least 4 members (excludes halogenated alkanes) is 1. The van der Waals surface area contributed by atoms with Gasteiger partial charge in [0.05, 0.1) is 11.6 Å². The average Bonchev–Trinajstić information content (AvgIpc) is 2.46. The highest BCUT2D eigenvalue weighted by atomic mass is 19.1. The molecule has 102 valence electrons.